The van der Waals surface area contributed by atoms with Gasteiger partial charge >= 0.3 is 0 Å². The summed E-state index contributed by atoms with van der Waals surface area (Å²) in [5.74, 6) is 0. The molecule has 16 heavy (non-hydrogen) atoms. The SMILES string of the molecule is COCCCOCCOc1nnc(CO)s1. The molecule has 0 unspecified atom stereocenters. The van der Waals surface area contributed by atoms with Crippen LogP contribution in [-0.2, 0) is 16.1 Å². The highest BCUT2D eigenvalue weighted by atomic mass is 32.1. The van der Waals surface area contributed by atoms with Gasteiger partial charge in [0.2, 0.25) is 0 Å². The van der Waals surface area contributed by atoms with E-state index in [1.807, 2.05) is 0 Å². The van der Waals surface area contributed by atoms with E-state index in [0.29, 0.717) is 36.6 Å². The Kier molecular flexibility index (Phi) is 6.98. The highest BCUT2D eigenvalue weighted by Crippen LogP contribution is 2.17. The lowest BCUT2D eigenvalue weighted by Gasteiger charge is -2.03. The molecule has 0 fully saturated rings. The van der Waals surface area contributed by atoms with Crippen LogP contribution in [0.4, 0.5) is 0 Å². The fourth-order valence-electron chi connectivity index (χ4n) is 0.956. The zero-order chi connectivity index (χ0) is 11.6. The summed E-state index contributed by atoms with van der Waals surface area (Å²) in [4.78, 5) is 0. The van der Waals surface area contributed by atoms with Gasteiger partial charge in [-0.25, -0.2) is 0 Å². The second kappa shape index (κ2) is 8.40. The third kappa shape index (κ3) is 5.36. The predicted molar refractivity (Wildman–Crippen MR) is 58.6 cm³/mol. The van der Waals surface area contributed by atoms with Crippen LogP contribution in [-0.4, -0.2) is 48.8 Å². The van der Waals surface area contributed by atoms with Gasteiger partial charge in [0.05, 0.1) is 13.2 Å². The molecule has 1 aromatic heterocycles. The number of nitrogens with zero attached hydrogens (tertiary/aromatic N) is 2. The predicted octanol–water partition coefficient (Wildman–Crippen LogP) is 0.462. The molecule has 0 saturated carbocycles. The van der Waals surface area contributed by atoms with Gasteiger partial charge in [0, 0.05) is 20.3 Å². The van der Waals surface area contributed by atoms with E-state index < -0.39 is 0 Å². The number of ether oxygens (including phenoxy) is 3. The topological polar surface area (TPSA) is 73.7 Å². The Bertz CT molecular complexity index is 282. The van der Waals surface area contributed by atoms with Crippen LogP contribution < -0.4 is 4.74 Å². The van der Waals surface area contributed by atoms with Crippen LogP contribution in [0, 0.1) is 0 Å². The van der Waals surface area contributed by atoms with Gasteiger partial charge in [-0.3, -0.25) is 0 Å². The van der Waals surface area contributed by atoms with Crippen LogP contribution in [0.15, 0.2) is 0 Å². The van der Waals surface area contributed by atoms with Crippen LogP contribution in [0.2, 0.25) is 0 Å². The molecule has 1 heterocycles. The summed E-state index contributed by atoms with van der Waals surface area (Å²) in [5.41, 5.74) is 0. The van der Waals surface area contributed by atoms with E-state index >= 15 is 0 Å². The van der Waals surface area contributed by atoms with Gasteiger partial charge in [-0.2, -0.15) is 0 Å². The minimum absolute atomic E-state index is 0.103. The van der Waals surface area contributed by atoms with Gasteiger partial charge in [-0.1, -0.05) is 16.4 Å². The van der Waals surface area contributed by atoms with Crippen molar-refractivity contribution in [1.82, 2.24) is 10.2 Å². The molecule has 0 bridgehead atoms. The molecule has 92 valence electrons. The van der Waals surface area contributed by atoms with Crippen molar-refractivity contribution in [3.63, 3.8) is 0 Å². The smallest absolute Gasteiger partial charge is 0.294 e. The summed E-state index contributed by atoms with van der Waals surface area (Å²) >= 11 is 1.23. The van der Waals surface area contributed by atoms with Crippen LogP contribution in [0.3, 0.4) is 0 Å². The summed E-state index contributed by atoms with van der Waals surface area (Å²) in [5, 5.41) is 17.2. The van der Waals surface area contributed by atoms with Crippen molar-refractivity contribution in [3.05, 3.63) is 5.01 Å². The highest BCUT2D eigenvalue weighted by molar-refractivity contribution is 7.13. The Morgan fingerprint density at radius 1 is 1.19 bits per heavy atom. The number of aromatic nitrogens is 2. The van der Waals surface area contributed by atoms with Gasteiger partial charge in [0.1, 0.15) is 11.6 Å². The average molecular weight is 248 g/mol. The third-order valence-electron chi connectivity index (χ3n) is 1.67. The van der Waals surface area contributed by atoms with E-state index in [4.69, 9.17) is 19.3 Å². The summed E-state index contributed by atoms with van der Waals surface area (Å²) < 4.78 is 15.4. The molecule has 0 saturated heterocycles. The molecule has 0 aliphatic rings. The van der Waals surface area contributed by atoms with Crippen molar-refractivity contribution in [2.45, 2.75) is 13.0 Å². The Labute approximate surface area is 98.2 Å². The summed E-state index contributed by atoms with van der Waals surface area (Å²) in [7, 11) is 1.66. The Morgan fingerprint density at radius 2 is 2.06 bits per heavy atom. The van der Waals surface area contributed by atoms with Crippen molar-refractivity contribution in [2.75, 3.05) is 33.5 Å². The zero-order valence-electron chi connectivity index (χ0n) is 9.22. The Hall–Kier alpha value is -0.760. The first-order valence-electron chi connectivity index (χ1n) is 4.99. The monoisotopic (exact) mass is 248 g/mol. The maximum atomic E-state index is 8.76. The minimum atomic E-state index is -0.103. The second-order valence-electron chi connectivity index (χ2n) is 2.93. The maximum Gasteiger partial charge on any atom is 0.294 e. The first-order chi connectivity index (χ1) is 7.86. The van der Waals surface area contributed by atoms with Crippen molar-refractivity contribution in [3.8, 4) is 5.19 Å². The molecule has 1 N–H and O–H groups in total. The number of hydrogen-bond acceptors (Lipinski definition) is 7. The Balaban J connectivity index is 1.98. The van der Waals surface area contributed by atoms with Crippen molar-refractivity contribution >= 4 is 11.3 Å². The van der Waals surface area contributed by atoms with Gasteiger partial charge < -0.3 is 19.3 Å². The normalized spacial score (nSPS) is 10.6. The fraction of sp³-hybridized carbons (Fsp3) is 0.778. The largest absolute Gasteiger partial charge is 0.466 e. The van der Waals surface area contributed by atoms with E-state index in [2.05, 4.69) is 10.2 Å². The lowest BCUT2D eigenvalue weighted by Crippen LogP contribution is -2.08. The van der Waals surface area contributed by atoms with Gasteiger partial charge in [-0.15, -0.1) is 5.10 Å². The first-order valence-corrected chi connectivity index (χ1v) is 5.81. The van der Waals surface area contributed by atoms with Gasteiger partial charge in [0.15, 0.2) is 0 Å². The molecular weight excluding hydrogens is 232 g/mol. The van der Waals surface area contributed by atoms with Gasteiger partial charge in [-0.05, 0) is 6.42 Å². The first kappa shape index (κ1) is 13.3. The average Bonchev–Trinajstić information content (AvgIpc) is 2.76. The van der Waals surface area contributed by atoms with Crippen LogP contribution in [0.5, 0.6) is 5.19 Å². The summed E-state index contributed by atoms with van der Waals surface area (Å²) in [6.45, 7) is 2.21. The quantitative estimate of drug-likeness (QED) is 0.640. The molecule has 7 heteroatoms. The van der Waals surface area contributed by atoms with Crippen molar-refractivity contribution in [1.29, 1.82) is 0 Å². The van der Waals surface area contributed by atoms with E-state index in [9.17, 15) is 0 Å². The number of rotatable bonds is 9. The molecule has 0 aliphatic carbocycles. The number of aliphatic hydroxyl groups is 1. The molecule has 1 aromatic rings. The van der Waals surface area contributed by atoms with Gasteiger partial charge in [0.25, 0.3) is 5.19 Å². The fourth-order valence-corrected chi connectivity index (χ4v) is 1.53. The molecule has 0 spiro atoms. The maximum absolute atomic E-state index is 8.76. The van der Waals surface area contributed by atoms with E-state index in [1.54, 1.807) is 7.11 Å². The molecule has 0 radical (unpaired) electrons. The van der Waals surface area contributed by atoms with Crippen LogP contribution in [0.25, 0.3) is 0 Å². The summed E-state index contributed by atoms with van der Waals surface area (Å²) in [6, 6.07) is 0. The number of methoxy groups -OCH3 is 1. The molecule has 0 aromatic carbocycles. The molecule has 0 atom stereocenters. The van der Waals surface area contributed by atoms with E-state index in [0.717, 1.165) is 6.42 Å². The molecular formula is C9H16N2O4S. The van der Waals surface area contributed by atoms with Crippen molar-refractivity contribution in [2.24, 2.45) is 0 Å². The molecule has 6 nitrogen and oxygen atoms in total. The zero-order valence-corrected chi connectivity index (χ0v) is 10.0. The number of aliphatic hydroxyl groups excluding tert-OH is 1. The number of hydrogen-bond donors (Lipinski definition) is 1. The lowest BCUT2D eigenvalue weighted by molar-refractivity contribution is 0.0804. The van der Waals surface area contributed by atoms with Crippen LogP contribution >= 0.6 is 11.3 Å². The molecule has 0 amide bonds. The minimum Gasteiger partial charge on any atom is -0.466 e. The second-order valence-corrected chi connectivity index (χ2v) is 3.95. The standard InChI is InChI=1S/C9H16N2O4S/c1-13-3-2-4-14-5-6-15-9-11-10-8(7-12)16-9/h12H,2-7H2,1H3. The summed E-state index contributed by atoms with van der Waals surface area (Å²) in [6.07, 6.45) is 0.879. The van der Waals surface area contributed by atoms with E-state index in [1.165, 1.54) is 11.3 Å². The molecule has 1 rings (SSSR count). The Morgan fingerprint density at radius 3 is 2.75 bits per heavy atom. The third-order valence-corrected chi connectivity index (χ3v) is 2.49. The lowest BCUT2D eigenvalue weighted by atomic mass is 10.5. The van der Waals surface area contributed by atoms with Crippen LogP contribution in [0.1, 0.15) is 11.4 Å². The van der Waals surface area contributed by atoms with E-state index in [-0.39, 0.29) is 6.61 Å². The highest BCUT2D eigenvalue weighted by Gasteiger charge is 2.02. The van der Waals surface area contributed by atoms with Crippen molar-refractivity contribution < 1.29 is 19.3 Å². The molecule has 0 aliphatic heterocycles.